The molecule has 0 spiro atoms. The fourth-order valence-corrected chi connectivity index (χ4v) is 2.25. The van der Waals surface area contributed by atoms with E-state index in [0.717, 1.165) is 19.5 Å². The van der Waals surface area contributed by atoms with Crippen LogP contribution in [-0.2, 0) is 4.79 Å². The van der Waals surface area contributed by atoms with E-state index in [9.17, 15) is 4.79 Å². The van der Waals surface area contributed by atoms with Crippen LogP contribution in [0.5, 0.6) is 0 Å². The number of carbonyl (C=O) groups excluding carboxylic acids is 1. The third-order valence-electron chi connectivity index (χ3n) is 3.57. The minimum absolute atomic E-state index is 0.212. The van der Waals surface area contributed by atoms with Gasteiger partial charge in [-0.25, -0.2) is 0 Å². The molecule has 1 aliphatic heterocycles. The molecule has 4 heteroatoms. The summed E-state index contributed by atoms with van der Waals surface area (Å²) in [6.45, 7) is 5.93. The summed E-state index contributed by atoms with van der Waals surface area (Å²) in [6, 6.07) is 0.537. The average molecular weight is 241 g/mol. The first-order valence-corrected chi connectivity index (χ1v) is 6.53. The van der Waals surface area contributed by atoms with Crippen molar-refractivity contribution in [2.24, 2.45) is 5.73 Å². The smallest absolute Gasteiger partial charge is 0.222 e. The number of rotatable bonds is 5. The lowest BCUT2D eigenvalue weighted by atomic mass is 10.00. The van der Waals surface area contributed by atoms with Crippen molar-refractivity contribution >= 4 is 5.91 Å². The molecule has 0 aromatic heterocycles. The van der Waals surface area contributed by atoms with Gasteiger partial charge in [-0.15, -0.1) is 0 Å². The molecular formula is C13H27N3O. The van der Waals surface area contributed by atoms with E-state index in [1.165, 1.54) is 12.8 Å². The molecule has 1 fully saturated rings. The third kappa shape index (κ3) is 5.04. The van der Waals surface area contributed by atoms with Crippen molar-refractivity contribution in [1.29, 1.82) is 0 Å². The van der Waals surface area contributed by atoms with Gasteiger partial charge < -0.3 is 15.5 Å². The Kier molecular flexibility index (Phi) is 4.95. The van der Waals surface area contributed by atoms with Crippen LogP contribution in [0.15, 0.2) is 0 Å². The van der Waals surface area contributed by atoms with Crippen molar-refractivity contribution < 1.29 is 4.79 Å². The van der Waals surface area contributed by atoms with Crippen LogP contribution in [0.2, 0.25) is 0 Å². The molecule has 0 aromatic carbocycles. The molecule has 0 aromatic rings. The van der Waals surface area contributed by atoms with Gasteiger partial charge in [-0.2, -0.15) is 0 Å². The zero-order chi connectivity index (χ0) is 13.1. The number of amides is 1. The van der Waals surface area contributed by atoms with E-state index in [-0.39, 0.29) is 11.4 Å². The first-order valence-electron chi connectivity index (χ1n) is 6.53. The fraction of sp³-hybridized carbons (Fsp3) is 0.923. The summed E-state index contributed by atoms with van der Waals surface area (Å²) in [5.74, 6) is 0.212. The van der Waals surface area contributed by atoms with Crippen molar-refractivity contribution in [2.45, 2.75) is 51.1 Å². The van der Waals surface area contributed by atoms with E-state index < -0.39 is 0 Å². The first-order chi connectivity index (χ1) is 7.79. The number of nitrogens with two attached hydrogens (primary N) is 1. The highest BCUT2D eigenvalue weighted by molar-refractivity contribution is 5.76. The molecule has 4 nitrogen and oxygen atoms in total. The lowest BCUT2D eigenvalue weighted by molar-refractivity contribution is -0.130. The average Bonchev–Trinajstić information content (AvgIpc) is 2.59. The maximum Gasteiger partial charge on any atom is 0.222 e. The molecule has 0 radical (unpaired) electrons. The summed E-state index contributed by atoms with van der Waals surface area (Å²) in [5, 5.41) is 0. The van der Waals surface area contributed by atoms with E-state index in [4.69, 9.17) is 5.73 Å². The highest BCUT2D eigenvalue weighted by atomic mass is 16.2. The Morgan fingerprint density at radius 1 is 1.53 bits per heavy atom. The lowest BCUT2D eigenvalue weighted by Crippen LogP contribution is -2.40. The fourth-order valence-electron chi connectivity index (χ4n) is 2.25. The van der Waals surface area contributed by atoms with Crippen molar-refractivity contribution in [3.05, 3.63) is 0 Å². The summed E-state index contributed by atoms with van der Waals surface area (Å²) < 4.78 is 0. The molecule has 1 aliphatic rings. The SMILES string of the molecule is CN(CC1CCCN1C)C(=O)CCC(C)(C)N. The molecule has 17 heavy (non-hydrogen) atoms. The largest absolute Gasteiger partial charge is 0.344 e. The first kappa shape index (κ1) is 14.5. The van der Waals surface area contributed by atoms with Crippen molar-refractivity contribution in [3.8, 4) is 0 Å². The summed E-state index contributed by atoms with van der Waals surface area (Å²) in [7, 11) is 4.04. The second-order valence-corrected chi connectivity index (χ2v) is 6.04. The molecule has 1 heterocycles. The second kappa shape index (κ2) is 5.83. The maximum atomic E-state index is 11.9. The summed E-state index contributed by atoms with van der Waals surface area (Å²) in [5.41, 5.74) is 5.64. The number of hydrogen-bond donors (Lipinski definition) is 1. The highest BCUT2D eigenvalue weighted by Gasteiger charge is 2.24. The van der Waals surface area contributed by atoms with Crippen LogP contribution in [-0.4, -0.2) is 54.5 Å². The van der Waals surface area contributed by atoms with Crippen molar-refractivity contribution in [1.82, 2.24) is 9.80 Å². The number of likely N-dealkylation sites (N-methyl/N-ethyl adjacent to an activating group) is 2. The highest BCUT2D eigenvalue weighted by Crippen LogP contribution is 2.16. The van der Waals surface area contributed by atoms with Crippen LogP contribution in [0, 0.1) is 0 Å². The topological polar surface area (TPSA) is 49.6 Å². The Morgan fingerprint density at radius 3 is 2.65 bits per heavy atom. The Hall–Kier alpha value is -0.610. The second-order valence-electron chi connectivity index (χ2n) is 6.04. The van der Waals surface area contributed by atoms with E-state index >= 15 is 0 Å². The molecule has 1 rings (SSSR count). The van der Waals surface area contributed by atoms with E-state index in [1.807, 2.05) is 25.8 Å². The van der Waals surface area contributed by atoms with Crippen molar-refractivity contribution in [3.63, 3.8) is 0 Å². The number of likely N-dealkylation sites (tertiary alicyclic amines) is 1. The van der Waals surface area contributed by atoms with Crippen LogP contribution in [0.4, 0.5) is 0 Å². The van der Waals surface area contributed by atoms with Gasteiger partial charge in [0.25, 0.3) is 0 Å². The van der Waals surface area contributed by atoms with Crippen molar-refractivity contribution in [2.75, 3.05) is 27.2 Å². The molecule has 2 N–H and O–H groups in total. The zero-order valence-corrected chi connectivity index (χ0v) is 11.7. The molecule has 0 saturated carbocycles. The molecule has 1 atom stereocenters. The van der Waals surface area contributed by atoms with Gasteiger partial charge in [0.05, 0.1) is 0 Å². The summed E-state index contributed by atoms with van der Waals surface area (Å²) >= 11 is 0. The van der Waals surface area contributed by atoms with Crippen LogP contribution in [0.1, 0.15) is 39.5 Å². The lowest BCUT2D eigenvalue weighted by Gasteiger charge is -2.27. The molecule has 1 amide bonds. The van der Waals surface area contributed by atoms with Gasteiger partial charge in [0.2, 0.25) is 5.91 Å². The molecule has 0 aliphatic carbocycles. The zero-order valence-electron chi connectivity index (χ0n) is 11.7. The Labute approximate surface area is 105 Å². The molecule has 0 bridgehead atoms. The van der Waals surface area contributed by atoms with Gasteiger partial charge in [0.15, 0.2) is 0 Å². The predicted octanol–water partition coefficient (Wildman–Crippen LogP) is 1.06. The van der Waals surface area contributed by atoms with Gasteiger partial charge in [-0.3, -0.25) is 4.79 Å². The van der Waals surface area contributed by atoms with Gasteiger partial charge in [-0.1, -0.05) is 0 Å². The van der Waals surface area contributed by atoms with Gasteiger partial charge in [0.1, 0.15) is 0 Å². The van der Waals surface area contributed by atoms with E-state index in [0.29, 0.717) is 12.5 Å². The minimum atomic E-state index is -0.249. The van der Waals surface area contributed by atoms with Crippen LogP contribution < -0.4 is 5.73 Å². The van der Waals surface area contributed by atoms with Gasteiger partial charge in [0, 0.05) is 31.6 Å². The van der Waals surface area contributed by atoms with Gasteiger partial charge in [-0.05, 0) is 46.7 Å². The predicted molar refractivity (Wildman–Crippen MR) is 70.8 cm³/mol. The normalized spacial score (nSPS) is 21.8. The van der Waals surface area contributed by atoms with Crippen LogP contribution in [0.3, 0.4) is 0 Å². The standard InChI is InChI=1S/C13H27N3O/c1-13(2,14)8-7-12(17)16(4)10-11-6-5-9-15(11)3/h11H,5-10,14H2,1-4H3. The van der Waals surface area contributed by atoms with Crippen LogP contribution in [0.25, 0.3) is 0 Å². The number of carbonyl (C=O) groups is 1. The third-order valence-corrected chi connectivity index (χ3v) is 3.57. The molecule has 1 unspecified atom stereocenters. The molecule has 100 valence electrons. The van der Waals surface area contributed by atoms with E-state index in [1.54, 1.807) is 0 Å². The van der Waals surface area contributed by atoms with Crippen LogP contribution >= 0.6 is 0 Å². The Balaban J connectivity index is 2.31. The maximum absolute atomic E-state index is 11.9. The Morgan fingerprint density at radius 2 is 2.18 bits per heavy atom. The minimum Gasteiger partial charge on any atom is -0.344 e. The summed E-state index contributed by atoms with van der Waals surface area (Å²) in [6.07, 6.45) is 3.75. The summed E-state index contributed by atoms with van der Waals surface area (Å²) in [4.78, 5) is 16.1. The number of nitrogens with zero attached hydrogens (tertiary/aromatic N) is 2. The van der Waals surface area contributed by atoms with E-state index in [2.05, 4.69) is 11.9 Å². The molecule has 1 saturated heterocycles. The number of hydrogen-bond acceptors (Lipinski definition) is 3. The molecular weight excluding hydrogens is 214 g/mol. The quantitative estimate of drug-likeness (QED) is 0.783. The Bertz CT molecular complexity index is 260. The monoisotopic (exact) mass is 241 g/mol. The van der Waals surface area contributed by atoms with Gasteiger partial charge >= 0.3 is 0 Å².